The molecule has 3 rings (SSSR count). The highest BCUT2D eigenvalue weighted by atomic mass is 35.5. The first kappa shape index (κ1) is 21.3. The number of thioether (sulfide) groups is 1. The molecule has 0 spiro atoms. The van der Waals surface area contributed by atoms with Gasteiger partial charge in [-0.2, -0.15) is 0 Å². The minimum Gasteiger partial charge on any atom is -0.495 e. The first-order valence-electron chi connectivity index (χ1n) is 8.65. The Kier molecular flexibility index (Phi) is 6.79. The monoisotopic (exact) mass is 452 g/mol. The molecule has 1 atom stereocenters. The molecule has 4 nitrogen and oxygen atoms in total. The van der Waals surface area contributed by atoms with Gasteiger partial charge in [0.05, 0.1) is 17.0 Å². The molecule has 2 N–H and O–H groups in total. The van der Waals surface area contributed by atoms with Crippen LogP contribution in [-0.2, 0) is 0 Å². The number of nitrogens with one attached hydrogen (secondary N) is 1. The van der Waals surface area contributed by atoms with Gasteiger partial charge in [-0.1, -0.05) is 23.4 Å². The first-order chi connectivity index (χ1) is 13.3. The van der Waals surface area contributed by atoms with Crippen LogP contribution in [0.15, 0.2) is 30.3 Å². The molecule has 1 aromatic heterocycles. The van der Waals surface area contributed by atoms with E-state index in [1.165, 1.54) is 4.88 Å². The molecule has 8 heteroatoms. The number of thiophene rings is 1. The van der Waals surface area contributed by atoms with Crippen molar-refractivity contribution in [3.05, 3.63) is 45.1 Å². The molecule has 0 radical (unpaired) electrons. The summed E-state index contributed by atoms with van der Waals surface area (Å²) in [5, 5.41) is 14.4. The molecule has 1 aromatic carbocycles. The highest BCUT2D eigenvalue weighted by molar-refractivity contribution is 7.99. The second kappa shape index (κ2) is 8.93. The topological polar surface area (TPSA) is 44.7 Å². The highest BCUT2D eigenvalue weighted by Gasteiger charge is 2.30. The minimum absolute atomic E-state index is 0.149. The van der Waals surface area contributed by atoms with Gasteiger partial charge in [-0.3, -0.25) is 0 Å². The lowest BCUT2D eigenvalue weighted by atomic mass is 10.1. The zero-order valence-corrected chi connectivity index (χ0v) is 19.0. The molecule has 1 aliphatic heterocycles. The minimum atomic E-state index is -0.997. The van der Waals surface area contributed by atoms with E-state index in [0.29, 0.717) is 15.9 Å². The Labute approximate surface area is 184 Å². The van der Waals surface area contributed by atoms with Crippen LogP contribution in [0.1, 0.15) is 29.0 Å². The van der Waals surface area contributed by atoms with Crippen molar-refractivity contribution in [1.82, 2.24) is 4.90 Å². The number of halogens is 1. The van der Waals surface area contributed by atoms with Crippen molar-refractivity contribution >= 4 is 57.7 Å². The normalized spacial score (nSPS) is 16.5. The Morgan fingerprint density at radius 1 is 1.39 bits per heavy atom. The van der Waals surface area contributed by atoms with Crippen molar-refractivity contribution in [3.63, 3.8) is 0 Å². The number of hydrogen-bond donors (Lipinski definition) is 2. The lowest BCUT2D eigenvalue weighted by molar-refractivity contribution is 0.143. The third kappa shape index (κ3) is 5.34. The fraction of sp³-hybridized carbons (Fsp3) is 0.350. The van der Waals surface area contributed by atoms with E-state index < -0.39 is 5.60 Å². The summed E-state index contributed by atoms with van der Waals surface area (Å²) in [4.78, 5) is 4.31. The van der Waals surface area contributed by atoms with Crippen LogP contribution in [0, 0.1) is 11.8 Å². The Morgan fingerprint density at radius 2 is 2.18 bits per heavy atom. The Hall–Kier alpha value is -1.43. The molecule has 2 aromatic rings. The number of ether oxygens (including phenoxy) is 1. The summed E-state index contributed by atoms with van der Waals surface area (Å²) in [5.41, 5.74) is -0.168. The van der Waals surface area contributed by atoms with E-state index in [1.54, 1.807) is 38.4 Å². The number of hydrogen-bond acceptors (Lipinski definition) is 5. The van der Waals surface area contributed by atoms with E-state index in [4.69, 9.17) is 28.6 Å². The third-order valence-electron chi connectivity index (χ3n) is 3.92. The van der Waals surface area contributed by atoms with E-state index in [0.717, 1.165) is 22.9 Å². The van der Waals surface area contributed by atoms with Gasteiger partial charge in [-0.25, -0.2) is 0 Å². The molecule has 2 heterocycles. The average Bonchev–Trinajstić information content (AvgIpc) is 3.28. The van der Waals surface area contributed by atoms with Crippen molar-refractivity contribution in [2.45, 2.75) is 24.8 Å². The lowest BCUT2D eigenvalue weighted by Crippen LogP contribution is -2.33. The van der Waals surface area contributed by atoms with E-state index in [-0.39, 0.29) is 5.37 Å². The molecule has 0 bridgehead atoms. The summed E-state index contributed by atoms with van der Waals surface area (Å²) in [6.07, 6.45) is 0. The van der Waals surface area contributed by atoms with E-state index in [9.17, 15) is 5.11 Å². The zero-order chi connectivity index (χ0) is 20.3. The van der Waals surface area contributed by atoms with E-state index in [2.05, 4.69) is 28.1 Å². The van der Waals surface area contributed by atoms with Crippen molar-refractivity contribution in [3.8, 4) is 17.6 Å². The van der Waals surface area contributed by atoms with Gasteiger partial charge in [0, 0.05) is 22.9 Å². The van der Waals surface area contributed by atoms with Crippen LogP contribution in [0.25, 0.3) is 0 Å². The number of benzene rings is 1. The van der Waals surface area contributed by atoms with Crippen LogP contribution in [-0.4, -0.2) is 40.1 Å². The number of anilines is 1. The van der Waals surface area contributed by atoms with Gasteiger partial charge in [0.25, 0.3) is 0 Å². The molecule has 1 saturated heterocycles. The molecule has 0 saturated carbocycles. The maximum absolute atomic E-state index is 9.78. The molecule has 0 amide bonds. The van der Waals surface area contributed by atoms with Crippen LogP contribution in [0.2, 0.25) is 5.02 Å². The summed E-state index contributed by atoms with van der Waals surface area (Å²) in [5.74, 6) is 7.53. The van der Waals surface area contributed by atoms with Gasteiger partial charge in [-0.15, -0.1) is 23.1 Å². The number of rotatable bonds is 3. The summed E-state index contributed by atoms with van der Waals surface area (Å²) >= 11 is 15.3. The molecule has 0 unspecified atom stereocenters. The van der Waals surface area contributed by atoms with Crippen LogP contribution < -0.4 is 10.1 Å². The second-order valence-electron chi connectivity index (χ2n) is 6.71. The molecule has 0 aliphatic carbocycles. The van der Waals surface area contributed by atoms with Crippen LogP contribution >= 0.6 is 46.9 Å². The number of aliphatic hydroxyl groups is 1. The van der Waals surface area contributed by atoms with Crippen LogP contribution in [0.5, 0.6) is 5.75 Å². The molecular weight excluding hydrogens is 432 g/mol. The summed E-state index contributed by atoms with van der Waals surface area (Å²) in [6.45, 7) is 4.23. The molecule has 1 aliphatic rings. The fourth-order valence-electron chi connectivity index (χ4n) is 2.62. The van der Waals surface area contributed by atoms with E-state index in [1.807, 2.05) is 30.0 Å². The molecule has 1 fully saturated rings. The largest absolute Gasteiger partial charge is 0.495 e. The third-order valence-corrected chi connectivity index (χ3v) is 6.99. The second-order valence-corrected chi connectivity index (χ2v) is 9.80. The Bertz CT molecular complexity index is 928. The average molecular weight is 453 g/mol. The summed E-state index contributed by atoms with van der Waals surface area (Å²) in [6, 6.07) is 9.60. The van der Waals surface area contributed by atoms with Gasteiger partial charge >= 0.3 is 0 Å². The quantitative estimate of drug-likeness (QED) is 0.506. The highest BCUT2D eigenvalue weighted by Crippen LogP contribution is 2.41. The SMILES string of the molecule is COc1ccc(NC(=S)N2CCS[C@H]2c2ccc(C#CC(C)(C)O)s2)cc1Cl. The summed E-state index contributed by atoms with van der Waals surface area (Å²) in [7, 11) is 1.59. The van der Waals surface area contributed by atoms with Gasteiger partial charge in [-0.05, 0) is 56.4 Å². The first-order valence-corrected chi connectivity index (χ1v) is 11.3. The van der Waals surface area contributed by atoms with Crippen molar-refractivity contribution < 1.29 is 9.84 Å². The van der Waals surface area contributed by atoms with Gasteiger partial charge in [0.1, 0.15) is 16.7 Å². The van der Waals surface area contributed by atoms with Crippen molar-refractivity contribution in [1.29, 1.82) is 0 Å². The van der Waals surface area contributed by atoms with Crippen molar-refractivity contribution in [2.75, 3.05) is 24.7 Å². The van der Waals surface area contributed by atoms with Gasteiger partial charge < -0.3 is 20.1 Å². The fourth-order valence-corrected chi connectivity index (χ4v) is 5.62. The number of methoxy groups -OCH3 is 1. The lowest BCUT2D eigenvalue weighted by Gasteiger charge is -2.26. The molecule has 28 heavy (non-hydrogen) atoms. The maximum Gasteiger partial charge on any atom is 0.174 e. The predicted octanol–water partition coefficient (Wildman–Crippen LogP) is 4.98. The van der Waals surface area contributed by atoms with Crippen molar-refractivity contribution in [2.24, 2.45) is 0 Å². The Balaban J connectivity index is 1.72. The Morgan fingerprint density at radius 3 is 2.86 bits per heavy atom. The summed E-state index contributed by atoms with van der Waals surface area (Å²) < 4.78 is 5.19. The maximum atomic E-state index is 9.78. The van der Waals surface area contributed by atoms with E-state index >= 15 is 0 Å². The molecular formula is C20H21ClN2O2S3. The number of thiocarbonyl (C=S) groups is 1. The predicted molar refractivity (Wildman–Crippen MR) is 124 cm³/mol. The zero-order valence-electron chi connectivity index (χ0n) is 15.8. The smallest absolute Gasteiger partial charge is 0.174 e. The van der Waals surface area contributed by atoms with Gasteiger partial charge in [0.15, 0.2) is 5.11 Å². The van der Waals surface area contributed by atoms with Crippen LogP contribution in [0.3, 0.4) is 0 Å². The molecule has 148 valence electrons. The standard InChI is InChI=1S/C20H21ClN2O2S3/c1-20(2,24)9-8-14-5-7-17(28-14)18-23(10-11-27-18)19(26)22-13-4-6-16(25-3)15(21)12-13/h4-7,12,18,24H,10-11H2,1-3H3,(H,22,26)/t18-/m0/s1. The number of nitrogens with zero attached hydrogens (tertiary/aromatic N) is 1. The van der Waals surface area contributed by atoms with Crippen LogP contribution in [0.4, 0.5) is 5.69 Å². The van der Waals surface area contributed by atoms with Gasteiger partial charge in [0.2, 0.25) is 0 Å².